The van der Waals surface area contributed by atoms with Crippen LogP contribution in [0.25, 0.3) is 0 Å². The van der Waals surface area contributed by atoms with Crippen molar-refractivity contribution >= 4 is 11.9 Å². The molecule has 0 aliphatic carbocycles. The molecule has 0 saturated carbocycles. The summed E-state index contributed by atoms with van der Waals surface area (Å²) in [4.78, 5) is 22.7. The minimum atomic E-state index is -0.662. The third-order valence-electron chi connectivity index (χ3n) is 1.81. The standard InChI is InChI=1S/C11H21NO4/c1-5-6-8(9(14)7-13)12-10(15)16-11(2,3)4/h8,13H,5-7H2,1-4H3,(H,12,15)/t8-/m0/s1. The van der Waals surface area contributed by atoms with Gasteiger partial charge in [-0.3, -0.25) is 4.79 Å². The molecule has 0 aromatic carbocycles. The number of Topliss-reactive ketones (excluding diaryl/α,β-unsaturated/α-hetero) is 1. The van der Waals surface area contributed by atoms with E-state index in [9.17, 15) is 9.59 Å². The van der Waals surface area contributed by atoms with Crippen LogP contribution in [0.4, 0.5) is 4.79 Å². The van der Waals surface area contributed by atoms with Crippen molar-refractivity contribution in [3.63, 3.8) is 0 Å². The Hall–Kier alpha value is -1.10. The summed E-state index contributed by atoms with van der Waals surface area (Å²) in [7, 11) is 0. The van der Waals surface area contributed by atoms with Crippen LogP contribution in [-0.2, 0) is 9.53 Å². The van der Waals surface area contributed by atoms with Crippen molar-refractivity contribution in [1.29, 1.82) is 0 Å². The highest BCUT2D eigenvalue weighted by Crippen LogP contribution is 2.07. The van der Waals surface area contributed by atoms with Crippen molar-refractivity contribution in [2.75, 3.05) is 6.61 Å². The van der Waals surface area contributed by atoms with E-state index in [-0.39, 0.29) is 0 Å². The Kier molecular flexibility index (Phi) is 6.03. The number of amides is 1. The molecular formula is C11H21NO4. The van der Waals surface area contributed by atoms with E-state index in [4.69, 9.17) is 9.84 Å². The van der Waals surface area contributed by atoms with Crippen LogP contribution in [0.3, 0.4) is 0 Å². The Morgan fingerprint density at radius 3 is 2.31 bits per heavy atom. The molecule has 94 valence electrons. The summed E-state index contributed by atoms with van der Waals surface area (Å²) >= 11 is 0. The van der Waals surface area contributed by atoms with E-state index in [1.54, 1.807) is 20.8 Å². The number of carbonyl (C=O) groups is 2. The lowest BCUT2D eigenvalue weighted by Gasteiger charge is -2.22. The molecule has 0 aliphatic heterocycles. The predicted octanol–water partition coefficient (Wildman–Crippen LogP) is 1.24. The first kappa shape index (κ1) is 14.9. The zero-order valence-corrected chi connectivity index (χ0v) is 10.4. The number of ketones is 1. The van der Waals surface area contributed by atoms with E-state index in [0.717, 1.165) is 6.42 Å². The molecule has 0 heterocycles. The molecule has 1 atom stereocenters. The van der Waals surface area contributed by atoms with Crippen molar-refractivity contribution in [2.24, 2.45) is 0 Å². The molecule has 0 unspecified atom stereocenters. The van der Waals surface area contributed by atoms with Crippen molar-refractivity contribution in [1.82, 2.24) is 5.32 Å². The zero-order valence-electron chi connectivity index (χ0n) is 10.4. The summed E-state index contributed by atoms with van der Waals surface area (Å²) in [6.45, 7) is 6.56. The van der Waals surface area contributed by atoms with Gasteiger partial charge < -0.3 is 15.2 Å². The number of nitrogens with one attached hydrogen (secondary N) is 1. The van der Waals surface area contributed by atoms with Crippen LogP contribution < -0.4 is 5.32 Å². The van der Waals surface area contributed by atoms with Crippen molar-refractivity contribution in [2.45, 2.75) is 52.2 Å². The van der Waals surface area contributed by atoms with Crippen LogP contribution in [0.2, 0.25) is 0 Å². The molecule has 0 spiro atoms. The molecule has 0 bridgehead atoms. The average Bonchev–Trinajstić information content (AvgIpc) is 2.13. The maximum atomic E-state index is 11.4. The molecule has 2 N–H and O–H groups in total. The number of rotatable bonds is 5. The van der Waals surface area contributed by atoms with Gasteiger partial charge in [0, 0.05) is 0 Å². The third-order valence-corrected chi connectivity index (χ3v) is 1.81. The fraction of sp³-hybridized carbons (Fsp3) is 0.818. The summed E-state index contributed by atoms with van der Waals surface area (Å²) in [5.41, 5.74) is -0.594. The summed E-state index contributed by atoms with van der Waals surface area (Å²) < 4.78 is 5.03. The quantitative estimate of drug-likeness (QED) is 0.746. The molecule has 0 fully saturated rings. The molecule has 5 heteroatoms. The second-order valence-corrected chi connectivity index (χ2v) is 4.61. The van der Waals surface area contributed by atoms with E-state index in [1.165, 1.54) is 0 Å². The molecule has 1 amide bonds. The summed E-state index contributed by atoms with van der Waals surface area (Å²) in [6.07, 6.45) is 0.609. The van der Waals surface area contributed by atoms with Gasteiger partial charge in [0.05, 0.1) is 6.04 Å². The first-order chi connectivity index (χ1) is 7.30. The lowest BCUT2D eigenvalue weighted by Crippen LogP contribution is -2.44. The number of alkyl carbamates (subject to hydrolysis) is 1. The normalized spacial score (nSPS) is 13.1. The zero-order chi connectivity index (χ0) is 12.8. The smallest absolute Gasteiger partial charge is 0.408 e. The Bertz CT molecular complexity index is 245. The molecule has 0 aromatic heterocycles. The lowest BCUT2D eigenvalue weighted by molar-refractivity contribution is -0.124. The fourth-order valence-corrected chi connectivity index (χ4v) is 1.16. The van der Waals surface area contributed by atoms with Gasteiger partial charge in [0.15, 0.2) is 5.78 Å². The minimum absolute atomic E-state index is 0.396. The van der Waals surface area contributed by atoms with Gasteiger partial charge >= 0.3 is 6.09 Å². The van der Waals surface area contributed by atoms with Gasteiger partial charge in [-0.25, -0.2) is 4.79 Å². The Balaban J connectivity index is 4.29. The van der Waals surface area contributed by atoms with Crippen LogP contribution >= 0.6 is 0 Å². The molecule has 0 radical (unpaired) electrons. The number of hydrogen-bond acceptors (Lipinski definition) is 4. The first-order valence-electron chi connectivity index (χ1n) is 5.43. The summed E-state index contributed by atoms with van der Waals surface area (Å²) in [6, 6.07) is -0.662. The van der Waals surface area contributed by atoms with Gasteiger partial charge in [-0.15, -0.1) is 0 Å². The monoisotopic (exact) mass is 231 g/mol. The van der Waals surface area contributed by atoms with Gasteiger partial charge in [0.25, 0.3) is 0 Å². The van der Waals surface area contributed by atoms with Crippen LogP contribution in [-0.4, -0.2) is 35.2 Å². The average molecular weight is 231 g/mol. The van der Waals surface area contributed by atoms with Gasteiger partial charge in [-0.2, -0.15) is 0 Å². The molecule has 16 heavy (non-hydrogen) atoms. The van der Waals surface area contributed by atoms with Crippen LogP contribution in [0.5, 0.6) is 0 Å². The number of hydrogen-bond donors (Lipinski definition) is 2. The van der Waals surface area contributed by atoms with E-state index in [2.05, 4.69) is 5.32 Å². The second-order valence-electron chi connectivity index (χ2n) is 4.61. The molecule has 5 nitrogen and oxygen atoms in total. The fourth-order valence-electron chi connectivity index (χ4n) is 1.16. The topological polar surface area (TPSA) is 75.6 Å². The number of aliphatic hydroxyl groups is 1. The highest BCUT2D eigenvalue weighted by Gasteiger charge is 2.22. The number of carbonyl (C=O) groups excluding carboxylic acids is 2. The van der Waals surface area contributed by atoms with Gasteiger partial charge in [-0.05, 0) is 27.2 Å². The van der Waals surface area contributed by atoms with Crippen molar-refractivity contribution < 1.29 is 19.4 Å². The predicted molar refractivity (Wildman–Crippen MR) is 60.2 cm³/mol. The van der Waals surface area contributed by atoms with Gasteiger partial charge in [0.1, 0.15) is 12.2 Å². The first-order valence-corrected chi connectivity index (χ1v) is 5.43. The third kappa shape index (κ3) is 6.40. The van der Waals surface area contributed by atoms with Crippen molar-refractivity contribution in [3.8, 4) is 0 Å². The maximum Gasteiger partial charge on any atom is 0.408 e. The number of ether oxygens (including phenoxy) is 1. The Morgan fingerprint density at radius 2 is 1.94 bits per heavy atom. The Morgan fingerprint density at radius 1 is 1.38 bits per heavy atom. The Labute approximate surface area is 96.2 Å². The molecule has 0 aliphatic rings. The minimum Gasteiger partial charge on any atom is -0.444 e. The van der Waals surface area contributed by atoms with E-state index < -0.39 is 30.1 Å². The molecule has 0 aromatic rings. The molecule has 0 saturated heterocycles. The SMILES string of the molecule is CCC[C@H](NC(=O)OC(C)(C)C)C(=O)CO. The van der Waals surface area contributed by atoms with Gasteiger partial charge in [0.2, 0.25) is 0 Å². The van der Waals surface area contributed by atoms with E-state index >= 15 is 0 Å². The molecule has 0 rings (SSSR count). The van der Waals surface area contributed by atoms with Crippen LogP contribution in [0.15, 0.2) is 0 Å². The van der Waals surface area contributed by atoms with Gasteiger partial charge in [-0.1, -0.05) is 13.3 Å². The second kappa shape index (κ2) is 6.48. The largest absolute Gasteiger partial charge is 0.444 e. The number of aliphatic hydroxyl groups excluding tert-OH is 1. The highest BCUT2D eigenvalue weighted by molar-refractivity contribution is 5.88. The summed E-state index contributed by atoms with van der Waals surface area (Å²) in [5.74, 6) is -0.396. The van der Waals surface area contributed by atoms with Crippen LogP contribution in [0.1, 0.15) is 40.5 Å². The maximum absolute atomic E-state index is 11.4. The highest BCUT2D eigenvalue weighted by atomic mass is 16.6. The van der Waals surface area contributed by atoms with Crippen molar-refractivity contribution in [3.05, 3.63) is 0 Å². The summed E-state index contributed by atoms with van der Waals surface area (Å²) in [5, 5.41) is 11.2. The lowest BCUT2D eigenvalue weighted by atomic mass is 10.1. The van der Waals surface area contributed by atoms with E-state index in [1.807, 2.05) is 6.92 Å². The van der Waals surface area contributed by atoms with Crippen LogP contribution in [0, 0.1) is 0 Å². The van der Waals surface area contributed by atoms with E-state index in [0.29, 0.717) is 6.42 Å². The molecular weight excluding hydrogens is 210 g/mol.